The molecule has 23 heavy (non-hydrogen) atoms. The molecule has 0 aromatic carbocycles. The van der Waals surface area contributed by atoms with Crippen molar-refractivity contribution in [2.45, 2.75) is 92.0 Å². The van der Waals surface area contributed by atoms with Gasteiger partial charge >= 0.3 is 0 Å². The summed E-state index contributed by atoms with van der Waals surface area (Å²) in [4.78, 5) is 12.2. The smallest absolute Gasteiger partial charge is 0.192 e. The topological polar surface area (TPSA) is 26.3 Å². The second-order valence-corrected chi connectivity index (χ2v) is 14.7. The van der Waals surface area contributed by atoms with Crippen LogP contribution in [0.15, 0.2) is 12.2 Å². The molecular weight excluding hydrogens is 300 g/mol. The predicted octanol–water partition coefficient (Wildman–Crippen LogP) is 5.98. The average Bonchev–Trinajstić information content (AvgIpc) is 2.32. The highest BCUT2D eigenvalue weighted by atomic mass is 28.4. The molecule has 134 valence electrons. The van der Waals surface area contributed by atoms with Crippen LogP contribution in [0.25, 0.3) is 0 Å². The van der Waals surface area contributed by atoms with Gasteiger partial charge in [0.15, 0.2) is 8.32 Å². The van der Waals surface area contributed by atoms with Crippen LogP contribution in [0.4, 0.5) is 0 Å². The number of allylic oxidation sites excluding steroid dienone is 1. The summed E-state index contributed by atoms with van der Waals surface area (Å²) in [5.74, 6) is 0.743. The normalized spacial score (nSPS) is 25.7. The van der Waals surface area contributed by atoms with Gasteiger partial charge in [0.2, 0.25) is 0 Å². The molecule has 0 N–H and O–H groups in total. The lowest BCUT2D eigenvalue weighted by molar-refractivity contribution is -0.123. The molecule has 0 heterocycles. The zero-order chi connectivity index (χ0) is 18.2. The molecule has 1 aliphatic rings. The Hall–Kier alpha value is -0.413. The second-order valence-electron chi connectivity index (χ2n) is 9.95. The minimum atomic E-state index is -1.81. The van der Waals surface area contributed by atoms with E-state index in [0.717, 1.165) is 12.8 Å². The molecule has 1 aliphatic carbocycles. The van der Waals surface area contributed by atoms with Crippen molar-refractivity contribution in [3.05, 3.63) is 12.2 Å². The van der Waals surface area contributed by atoms with E-state index in [0.29, 0.717) is 12.2 Å². The number of hydrogen-bond acceptors (Lipinski definition) is 2. The van der Waals surface area contributed by atoms with Crippen LogP contribution in [0.5, 0.6) is 0 Å². The maximum absolute atomic E-state index is 12.2. The molecule has 0 aliphatic heterocycles. The van der Waals surface area contributed by atoms with Crippen molar-refractivity contribution < 1.29 is 9.22 Å². The first-order chi connectivity index (χ1) is 10.2. The molecule has 0 aromatic rings. The molecule has 0 amide bonds. The maximum atomic E-state index is 12.2. The molecule has 0 spiro atoms. The first-order valence-corrected chi connectivity index (χ1v) is 12.0. The van der Waals surface area contributed by atoms with Gasteiger partial charge in [0.05, 0.1) is 6.10 Å². The van der Waals surface area contributed by atoms with Crippen molar-refractivity contribution >= 4 is 14.1 Å². The van der Waals surface area contributed by atoms with E-state index in [9.17, 15) is 4.79 Å². The maximum Gasteiger partial charge on any atom is 0.192 e. The highest BCUT2D eigenvalue weighted by Gasteiger charge is 2.46. The van der Waals surface area contributed by atoms with Crippen molar-refractivity contribution in [2.75, 3.05) is 0 Å². The first kappa shape index (κ1) is 20.6. The van der Waals surface area contributed by atoms with Gasteiger partial charge in [-0.3, -0.25) is 4.79 Å². The molecule has 2 atom stereocenters. The summed E-state index contributed by atoms with van der Waals surface area (Å²) in [6.07, 6.45) is 2.75. The summed E-state index contributed by atoms with van der Waals surface area (Å²) in [5.41, 5.74) is 1.34. The van der Waals surface area contributed by atoms with E-state index < -0.39 is 8.32 Å². The number of hydrogen-bond donors (Lipinski definition) is 0. The summed E-state index contributed by atoms with van der Waals surface area (Å²) in [6.45, 7) is 24.3. The van der Waals surface area contributed by atoms with Crippen molar-refractivity contribution in [3.8, 4) is 0 Å². The predicted molar refractivity (Wildman–Crippen MR) is 102 cm³/mol. The van der Waals surface area contributed by atoms with E-state index in [-0.39, 0.29) is 28.4 Å². The summed E-state index contributed by atoms with van der Waals surface area (Å²) in [5, 5.41) is 0.209. The zero-order valence-corrected chi connectivity index (χ0v) is 17.9. The molecule has 2 nitrogen and oxygen atoms in total. The highest BCUT2D eigenvalue weighted by Crippen LogP contribution is 2.47. The Kier molecular flexibility index (Phi) is 6.13. The van der Waals surface area contributed by atoms with E-state index in [4.69, 9.17) is 4.43 Å². The van der Waals surface area contributed by atoms with Gasteiger partial charge in [-0.1, -0.05) is 60.6 Å². The monoisotopic (exact) mass is 338 g/mol. The summed E-state index contributed by atoms with van der Waals surface area (Å²) in [6, 6.07) is 0. The van der Waals surface area contributed by atoms with Crippen molar-refractivity contribution in [1.29, 1.82) is 0 Å². The average molecular weight is 339 g/mol. The lowest BCUT2D eigenvalue weighted by Gasteiger charge is -2.49. The van der Waals surface area contributed by atoms with Gasteiger partial charge < -0.3 is 4.43 Å². The quantitative estimate of drug-likeness (QED) is 0.455. The van der Waals surface area contributed by atoms with Gasteiger partial charge in [0.1, 0.15) is 5.78 Å². The fourth-order valence-corrected chi connectivity index (χ4v) is 4.51. The molecule has 1 rings (SSSR count). The van der Waals surface area contributed by atoms with Crippen LogP contribution >= 0.6 is 0 Å². The second kappa shape index (κ2) is 6.83. The van der Waals surface area contributed by atoms with E-state index >= 15 is 0 Å². The Balaban J connectivity index is 2.93. The molecule has 0 unspecified atom stereocenters. The zero-order valence-electron chi connectivity index (χ0n) is 16.9. The number of ketones is 1. The third-order valence-corrected chi connectivity index (χ3v) is 10.5. The fraction of sp³-hybridized carbons (Fsp3) is 0.850. The molecule has 0 saturated heterocycles. The van der Waals surface area contributed by atoms with Gasteiger partial charge in [-0.15, -0.1) is 0 Å². The van der Waals surface area contributed by atoms with Crippen LogP contribution in [0.2, 0.25) is 18.1 Å². The molecule has 1 saturated carbocycles. The van der Waals surface area contributed by atoms with Crippen LogP contribution < -0.4 is 0 Å². The van der Waals surface area contributed by atoms with Gasteiger partial charge in [-0.25, -0.2) is 0 Å². The van der Waals surface area contributed by atoms with Crippen LogP contribution in [0, 0.1) is 17.3 Å². The number of Topliss-reactive ketones (excluding diaryl/α,β-unsaturated/α-hetero) is 1. The van der Waals surface area contributed by atoms with Gasteiger partial charge in [0, 0.05) is 12.3 Å². The van der Waals surface area contributed by atoms with E-state index in [2.05, 4.69) is 54.3 Å². The third-order valence-electron chi connectivity index (χ3n) is 5.96. The largest absolute Gasteiger partial charge is 0.413 e. The standard InChI is InChI=1S/C20H38O2Si/c1-14(2)17(21)11-16-12-18(20(7,8)13-15(16)3)22-23(9,10)19(4,5)6/h14,16,18H,3,11-13H2,1-2,4-10H3/t16-,18+/m1/s1. The van der Waals surface area contributed by atoms with Crippen LogP contribution in [-0.2, 0) is 9.22 Å². The minimum Gasteiger partial charge on any atom is -0.413 e. The van der Waals surface area contributed by atoms with Gasteiger partial charge in [0.25, 0.3) is 0 Å². The SMILES string of the molecule is C=C1CC(C)(C)[C@@H](O[Si](C)(C)C(C)(C)C)C[C@H]1CC(=O)C(C)C. The Bertz CT molecular complexity index is 455. The Labute approximate surface area is 145 Å². The molecule has 0 radical (unpaired) electrons. The Morgan fingerprint density at radius 1 is 1.35 bits per heavy atom. The fourth-order valence-electron chi connectivity index (χ4n) is 3.03. The first-order valence-electron chi connectivity index (χ1n) is 9.05. The van der Waals surface area contributed by atoms with E-state index in [1.807, 2.05) is 13.8 Å². The highest BCUT2D eigenvalue weighted by molar-refractivity contribution is 6.74. The van der Waals surface area contributed by atoms with Crippen LogP contribution in [-0.4, -0.2) is 20.2 Å². The third kappa shape index (κ3) is 5.03. The van der Waals surface area contributed by atoms with E-state index in [1.165, 1.54) is 5.57 Å². The molecule has 0 aromatic heterocycles. The summed E-state index contributed by atoms with van der Waals surface area (Å²) < 4.78 is 6.77. The van der Waals surface area contributed by atoms with E-state index in [1.54, 1.807) is 0 Å². The van der Waals surface area contributed by atoms with Gasteiger partial charge in [-0.05, 0) is 42.3 Å². The number of carbonyl (C=O) groups excluding carboxylic acids is 1. The Morgan fingerprint density at radius 2 is 1.87 bits per heavy atom. The molecule has 3 heteroatoms. The van der Waals surface area contributed by atoms with Crippen molar-refractivity contribution in [3.63, 3.8) is 0 Å². The Morgan fingerprint density at radius 3 is 2.30 bits per heavy atom. The number of rotatable bonds is 5. The lowest BCUT2D eigenvalue weighted by Crippen LogP contribution is -2.50. The summed E-state index contributed by atoms with van der Waals surface area (Å²) >= 11 is 0. The molecule has 1 fully saturated rings. The van der Waals surface area contributed by atoms with Crippen molar-refractivity contribution in [2.24, 2.45) is 17.3 Å². The van der Waals surface area contributed by atoms with Crippen LogP contribution in [0.3, 0.4) is 0 Å². The van der Waals surface area contributed by atoms with Crippen molar-refractivity contribution in [1.82, 2.24) is 0 Å². The lowest BCUT2D eigenvalue weighted by atomic mass is 9.67. The molecule has 0 bridgehead atoms. The summed E-state index contributed by atoms with van der Waals surface area (Å²) in [7, 11) is -1.81. The molecular formula is C20H38O2Si. The van der Waals surface area contributed by atoms with Gasteiger partial charge in [-0.2, -0.15) is 0 Å². The number of carbonyl (C=O) groups is 1. The minimum absolute atomic E-state index is 0.101. The van der Waals surface area contributed by atoms with Crippen LogP contribution in [0.1, 0.15) is 67.7 Å².